The van der Waals surface area contributed by atoms with Crippen molar-refractivity contribution in [2.24, 2.45) is 0 Å². The Morgan fingerprint density at radius 3 is 2.30 bits per heavy atom. The number of carbonyl (C=O) groups is 1. The maximum Gasteiger partial charge on any atom is 0.166 e. The lowest BCUT2D eigenvalue weighted by molar-refractivity contribution is -0.116. The van der Waals surface area contributed by atoms with E-state index < -0.39 is 0 Å². The second-order valence-corrected chi connectivity index (χ2v) is 6.06. The second-order valence-electron chi connectivity index (χ2n) is 5.14. The molecule has 0 aromatic heterocycles. The first kappa shape index (κ1) is 13.3. The Morgan fingerprint density at radius 2 is 1.65 bits per heavy atom. The van der Waals surface area contributed by atoms with E-state index in [9.17, 15) is 4.79 Å². The van der Waals surface area contributed by atoms with Gasteiger partial charge in [0.05, 0.1) is 5.92 Å². The SMILES string of the molecule is CC1=C(c2ccc(Br)cc2)C[C@@H](c2ccccc2)C1=O. The number of hydrogen-bond acceptors (Lipinski definition) is 1. The van der Waals surface area contributed by atoms with Crippen LogP contribution < -0.4 is 0 Å². The number of rotatable bonds is 2. The molecule has 2 heteroatoms. The van der Waals surface area contributed by atoms with Gasteiger partial charge in [0.25, 0.3) is 0 Å². The van der Waals surface area contributed by atoms with Gasteiger partial charge in [-0.3, -0.25) is 4.79 Å². The second kappa shape index (κ2) is 5.37. The van der Waals surface area contributed by atoms with Crippen LogP contribution in [-0.4, -0.2) is 5.78 Å². The van der Waals surface area contributed by atoms with E-state index in [1.54, 1.807) is 0 Å². The normalized spacial score (nSPS) is 18.7. The van der Waals surface area contributed by atoms with Crippen molar-refractivity contribution in [1.82, 2.24) is 0 Å². The topological polar surface area (TPSA) is 17.1 Å². The van der Waals surface area contributed by atoms with Crippen molar-refractivity contribution in [3.05, 3.63) is 75.8 Å². The third-order valence-electron chi connectivity index (χ3n) is 3.94. The van der Waals surface area contributed by atoms with E-state index in [-0.39, 0.29) is 11.7 Å². The highest BCUT2D eigenvalue weighted by Crippen LogP contribution is 2.40. The first-order valence-electron chi connectivity index (χ1n) is 6.71. The van der Waals surface area contributed by atoms with Gasteiger partial charge >= 0.3 is 0 Å². The molecule has 20 heavy (non-hydrogen) atoms. The van der Waals surface area contributed by atoms with Gasteiger partial charge < -0.3 is 0 Å². The van der Waals surface area contributed by atoms with Crippen LogP contribution in [0.2, 0.25) is 0 Å². The highest BCUT2D eigenvalue weighted by atomic mass is 79.9. The molecule has 0 saturated carbocycles. The summed E-state index contributed by atoms with van der Waals surface area (Å²) in [7, 11) is 0. The molecule has 0 bridgehead atoms. The minimum Gasteiger partial charge on any atom is -0.294 e. The number of carbonyl (C=O) groups excluding carboxylic acids is 1. The van der Waals surface area contributed by atoms with Gasteiger partial charge in [-0.25, -0.2) is 0 Å². The molecule has 0 aliphatic heterocycles. The first-order valence-corrected chi connectivity index (χ1v) is 7.51. The highest BCUT2D eigenvalue weighted by molar-refractivity contribution is 9.10. The molecule has 0 N–H and O–H groups in total. The smallest absolute Gasteiger partial charge is 0.166 e. The predicted octanol–water partition coefficient (Wildman–Crippen LogP) is 4.98. The molecule has 0 saturated heterocycles. The summed E-state index contributed by atoms with van der Waals surface area (Å²) in [5.41, 5.74) is 4.35. The molecule has 1 aliphatic carbocycles. The molecule has 0 amide bonds. The molecule has 1 aliphatic rings. The average Bonchev–Trinajstić information content (AvgIpc) is 2.77. The summed E-state index contributed by atoms with van der Waals surface area (Å²) in [5.74, 6) is 0.240. The van der Waals surface area contributed by atoms with Crippen LogP contribution in [-0.2, 0) is 4.79 Å². The van der Waals surface area contributed by atoms with Gasteiger partial charge in [-0.05, 0) is 47.8 Å². The molecule has 1 nitrogen and oxygen atoms in total. The fourth-order valence-corrected chi connectivity index (χ4v) is 3.06. The minimum atomic E-state index is -0.0187. The Bertz CT molecular complexity index is 668. The summed E-state index contributed by atoms with van der Waals surface area (Å²) in [4.78, 5) is 12.5. The van der Waals surface area contributed by atoms with Crippen LogP contribution in [0.4, 0.5) is 0 Å². The molecule has 2 aromatic rings. The number of ketones is 1. The van der Waals surface area contributed by atoms with Crippen LogP contribution >= 0.6 is 15.9 Å². The monoisotopic (exact) mass is 326 g/mol. The van der Waals surface area contributed by atoms with Gasteiger partial charge in [-0.2, -0.15) is 0 Å². The highest BCUT2D eigenvalue weighted by Gasteiger charge is 2.31. The Kier molecular flexibility index (Phi) is 3.58. The first-order chi connectivity index (χ1) is 9.66. The maximum absolute atomic E-state index is 12.5. The number of hydrogen-bond donors (Lipinski definition) is 0. The molecule has 1 atom stereocenters. The van der Waals surface area contributed by atoms with Gasteiger partial charge in [0, 0.05) is 4.47 Å². The maximum atomic E-state index is 12.5. The van der Waals surface area contributed by atoms with Crippen molar-refractivity contribution < 1.29 is 4.79 Å². The number of benzene rings is 2. The molecule has 0 unspecified atom stereocenters. The zero-order valence-corrected chi connectivity index (χ0v) is 12.9. The molecular formula is C18H15BrO. The molecule has 0 spiro atoms. The Balaban J connectivity index is 1.95. The molecule has 3 rings (SSSR count). The predicted molar refractivity (Wildman–Crippen MR) is 85.5 cm³/mol. The van der Waals surface area contributed by atoms with E-state index >= 15 is 0 Å². The van der Waals surface area contributed by atoms with Gasteiger partial charge in [-0.1, -0.05) is 58.4 Å². The van der Waals surface area contributed by atoms with Gasteiger partial charge in [0.2, 0.25) is 0 Å². The van der Waals surface area contributed by atoms with Crippen molar-refractivity contribution >= 4 is 27.3 Å². The van der Waals surface area contributed by atoms with Crippen LogP contribution in [0.5, 0.6) is 0 Å². The fraction of sp³-hybridized carbons (Fsp3) is 0.167. The van der Waals surface area contributed by atoms with Crippen molar-refractivity contribution in [2.75, 3.05) is 0 Å². The number of halogens is 1. The summed E-state index contributed by atoms with van der Waals surface area (Å²) >= 11 is 3.45. The van der Waals surface area contributed by atoms with Crippen LogP contribution in [0.3, 0.4) is 0 Å². The lowest BCUT2D eigenvalue weighted by Crippen LogP contribution is -2.06. The summed E-state index contributed by atoms with van der Waals surface area (Å²) in [6.07, 6.45) is 0.802. The third-order valence-corrected chi connectivity index (χ3v) is 4.47. The van der Waals surface area contributed by atoms with Crippen molar-refractivity contribution in [2.45, 2.75) is 19.3 Å². The van der Waals surface area contributed by atoms with Gasteiger partial charge in [-0.15, -0.1) is 0 Å². The fourth-order valence-electron chi connectivity index (χ4n) is 2.80. The zero-order chi connectivity index (χ0) is 14.1. The standard InChI is InChI=1S/C18H15BrO/c1-12-16(14-7-9-15(19)10-8-14)11-17(18(12)20)13-5-3-2-4-6-13/h2-10,17H,11H2,1H3/t17-/m0/s1. The number of Topliss-reactive ketones (excluding diaryl/α,β-unsaturated/α-hetero) is 1. The summed E-state index contributed by atoms with van der Waals surface area (Å²) in [6.45, 7) is 1.95. The van der Waals surface area contributed by atoms with Gasteiger partial charge in [0.15, 0.2) is 5.78 Å². The molecule has 0 fully saturated rings. The quantitative estimate of drug-likeness (QED) is 0.760. The Labute approximate surface area is 127 Å². The Morgan fingerprint density at radius 1 is 1.00 bits per heavy atom. The van der Waals surface area contributed by atoms with Crippen molar-refractivity contribution in [3.63, 3.8) is 0 Å². The average molecular weight is 327 g/mol. The lowest BCUT2D eigenvalue weighted by atomic mass is 9.93. The molecule has 0 heterocycles. The van der Waals surface area contributed by atoms with Crippen LogP contribution in [0.25, 0.3) is 5.57 Å². The summed E-state index contributed by atoms with van der Waals surface area (Å²) < 4.78 is 1.06. The van der Waals surface area contributed by atoms with E-state index in [0.29, 0.717) is 0 Å². The number of allylic oxidation sites excluding steroid dienone is 2. The summed E-state index contributed by atoms with van der Waals surface area (Å²) in [5, 5.41) is 0. The van der Waals surface area contributed by atoms with Crippen molar-refractivity contribution in [3.8, 4) is 0 Å². The van der Waals surface area contributed by atoms with Crippen LogP contribution in [0.1, 0.15) is 30.4 Å². The van der Waals surface area contributed by atoms with Crippen molar-refractivity contribution in [1.29, 1.82) is 0 Å². The van der Waals surface area contributed by atoms with Crippen LogP contribution in [0.15, 0.2) is 64.6 Å². The van der Waals surface area contributed by atoms with E-state index in [1.807, 2.05) is 49.4 Å². The lowest BCUT2D eigenvalue weighted by Gasteiger charge is -2.09. The molecule has 100 valence electrons. The molecular weight excluding hydrogens is 312 g/mol. The van der Waals surface area contributed by atoms with E-state index in [0.717, 1.165) is 27.6 Å². The third kappa shape index (κ3) is 2.36. The van der Waals surface area contributed by atoms with Gasteiger partial charge in [0.1, 0.15) is 0 Å². The Hall–Kier alpha value is -1.67. The molecule has 0 radical (unpaired) electrons. The largest absolute Gasteiger partial charge is 0.294 e. The minimum absolute atomic E-state index is 0.0187. The van der Waals surface area contributed by atoms with E-state index in [2.05, 4.69) is 28.1 Å². The van der Waals surface area contributed by atoms with Crippen LogP contribution in [0, 0.1) is 0 Å². The zero-order valence-electron chi connectivity index (χ0n) is 11.3. The van der Waals surface area contributed by atoms with E-state index in [4.69, 9.17) is 0 Å². The summed E-state index contributed by atoms with van der Waals surface area (Å²) in [6, 6.07) is 18.3. The van der Waals surface area contributed by atoms with E-state index in [1.165, 1.54) is 5.57 Å². The molecule has 2 aromatic carbocycles.